The maximum Gasteiger partial charge on any atom is 0.220 e. The van der Waals surface area contributed by atoms with Crippen LogP contribution in [0.2, 0.25) is 0 Å². The van der Waals surface area contributed by atoms with Crippen LogP contribution in [0.3, 0.4) is 0 Å². The second-order valence-electron chi connectivity index (χ2n) is 6.72. The Balaban J connectivity index is 1.52. The van der Waals surface area contributed by atoms with Crippen molar-refractivity contribution < 1.29 is 14.3 Å². The summed E-state index contributed by atoms with van der Waals surface area (Å²) in [5.74, 6) is -0.121. The summed E-state index contributed by atoms with van der Waals surface area (Å²) in [5, 5.41) is 10.3. The van der Waals surface area contributed by atoms with Gasteiger partial charge in [-0.15, -0.1) is 0 Å². The van der Waals surface area contributed by atoms with Gasteiger partial charge in [0, 0.05) is 32.6 Å². The van der Waals surface area contributed by atoms with Crippen LogP contribution in [-0.4, -0.2) is 41.3 Å². The number of hydrogen-bond acceptors (Lipinski definition) is 4. The number of aromatic nitrogens is 2. The molecule has 1 aromatic carbocycles. The first kappa shape index (κ1) is 19.1. The van der Waals surface area contributed by atoms with Crippen LogP contribution in [0.4, 0.5) is 0 Å². The van der Waals surface area contributed by atoms with Gasteiger partial charge in [0.05, 0.1) is 18.8 Å². The SMILES string of the molecule is CC(=O)NCCCC(=O)NC[C@H]1OCCc2cn(Cc3ccccc3)nc21. The predicted octanol–water partition coefficient (Wildman–Crippen LogP) is 1.58. The summed E-state index contributed by atoms with van der Waals surface area (Å²) in [5.41, 5.74) is 3.29. The highest BCUT2D eigenvalue weighted by molar-refractivity contribution is 5.76. The van der Waals surface area contributed by atoms with Crippen molar-refractivity contribution >= 4 is 11.8 Å². The normalized spacial score (nSPS) is 15.8. The number of rotatable bonds is 8. The average molecular weight is 370 g/mol. The topological polar surface area (TPSA) is 85.3 Å². The Hall–Kier alpha value is -2.67. The Kier molecular flexibility index (Phi) is 6.59. The van der Waals surface area contributed by atoms with Crippen LogP contribution in [0.25, 0.3) is 0 Å². The summed E-state index contributed by atoms with van der Waals surface area (Å²) in [6.07, 6.45) is 3.69. The molecule has 2 heterocycles. The molecule has 1 aliphatic heterocycles. The molecule has 3 rings (SSSR count). The molecule has 7 nitrogen and oxygen atoms in total. The Morgan fingerprint density at radius 1 is 1.26 bits per heavy atom. The highest BCUT2D eigenvalue weighted by atomic mass is 16.5. The molecule has 144 valence electrons. The number of amides is 2. The fourth-order valence-electron chi connectivity index (χ4n) is 3.15. The summed E-state index contributed by atoms with van der Waals surface area (Å²) in [6, 6.07) is 10.2. The monoisotopic (exact) mass is 370 g/mol. The zero-order valence-electron chi connectivity index (χ0n) is 15.6. The number of nitrogens with one attached hydrogen (secondary N) is 2. The molecule has 0 unspecified atom stereocenters. The third kappa shape index (κ3) is 5.65. The van der Waals surface area contributed by atoms with Gasteiger partial charge in [-0.2, -0.15) is 5.10 Å². The van der Waals surface area contributed by atoms with Crippen LogP contribution in [0.1, 0.15) is 42.7 Å². The lowest BCUT2D eigenvalue weighted by molar-refractivity contribution is -0.122. The lowest BCUT2D eigenvalue weighted by Crippen LogP contribution is -2.32. The molecule has 1 atom stereocenters. The van der Waals surface area contributed by atoms with Crippen LogP contribution in [0, 0.1) is 0 Å². The molecule has 0 bridgehead atoms. The van der Waals surface area contributed by atoms with Gasteiger partial charge in [0.2, 0.25) is 11.8 Å². The Bertz CT molecular complexity index is 773. The molecule has 7 heteroatoms. The van der Waals surface area contributed by atoms with E-state index in [9.17, 15) is 9.59 Å². The van der Waals surface area contributed by atoms with Crippen molar-refractivity contribution in [1.29, 1.82) is 0 Å². The first-order valence-corrected chi connectivity index (χ1v) is 9.34. The molecular weight excluding hydrogens is 344 g/mol. The van der Waals surface area contributed by atoms with Gasteiger partial charge < -0.3 is 15.4 Å². The first-order valence-electron chi connectivity index (χ1n) is 9.34. The lowest BCUT2D eigenvalue weighted by Gasteiger charge is -2.22. The van der Waals surface area contributed by atoms with Crippen molar-refractivity contribution in [1.82, 2.24) is 20.4 Å². The van der Waals surface area contributed by atoms with Gasteiger partial charge in [0.25, 0.3) is 0 Å². The Labute approximate surface area is 159 Å². The second kappa shape index (κ2) is 9.32. The van der Waals surface area contributed by atoms with Crippen molar-refractivity contribution in [2.24, 2.45) is 0 Å². The van der Waals surface area contributed by atoms with Crippen LogP contribution >= 0.6 is 0 Å². The highest BCUT2D eigenvalue weighted by Crippen LogP contribution is 2.25. The fourth-order valence-corrected chi connectivity index (χ4v) is 3.15. The third-order valence-corrected chi connectivity index (χ3v) is 4.49. The van der Waals surface area contributed by atoms with Crippen LogP contribution < -0.4 is 10.6 Å². The molecule has 0 saturated heterocycles. The molecule has 1 aliphatic rings. The van der Waals surface area contributed by atoms with Crippen molar-refractivity contribution in [3.05, 3.63) is 53.3 Å². The maximum absolute atomic E-state index is 12.0. The number of carbonyl (C=O) groups excluding carboxylic acids is 2. The van der Waals surface area contributed by atoms with Crippen molar-refractivity contribution in [2.75, 3.05) is 19.7 Å². The van der Waals surface area contributed by atoms with Gasteiger partial charge in [-0.3, -0.25) is 14.3 Å². The summed E-state index contributed by atoms with van der Waals surface area (Å²) in [4.78, 5) is 22.8. The van der Waals surface area contributed by atoms with Gasteiger partial charge in [-0.05, 0) is 24.0 Å². The van der Waals surface area contributed by atoms with E-state index >= 15 is 0 Å². The molecule has 0 saturated carbocycles. The molecule has 27 heavy (non-hydrogen) atoms. The average Bonchev–Trinajstić information content (AvgIpc) is 3.07. The molecule has 0 fully saturated rings. The van der Waals surface area contributed by atoms with Gasteiger partial charge in [-0.1, -0.05) is 30.3 Å². The maximum atomic E-state index is 12.0. The molecule has 0 aliphatic carbocycles. The minimum absolute atomic E-state index is 0.0419. The van der Waals surface area contributed by atoms with Crippen LogP contribution in [0.15, 0.2) is 36.5 Å². The zero-order chi connectivity index (χ0) is 19.1. The standard InChI is InChI=1S/C20H26N4O3/c1-15(25)21-10-5-8-19(26)22-12-18-20-17(9-11-27-18)14-24(23-20)13-16-6-3-2-4-7-16/h2-4,6-7,14,18H,5,8-13H2,1H3,(H,21,25)(H,22,26)/t18-/m1/s1. The number of benzene rings is 1. The quantitative estimate of drug-likeness (QED) is 0.691. The van der Waals surface area contributed by atoms with E-state index < -0.39 is 0 Å². The second-order valence-corrected chi connectivity index (χ2v) is 6.72. The molecule has 2 amide bonds. The van der Waals surface area contributed by atoms with Gasteiger partial charge in [-0.25, -0.2) is 0 Å². The van der Waals surface area contributed by atoms with E-state index in [4.69, 9.17) is 9.84 Å². The van der Waals surface area contributed by atoms with E-state index in [1.807, 2.05) is 22.9 Å². The first-order chi connectivity index (χ1) is 13.1. The van der Waals surface area contributed by atoms with Crippen molar-refractivity contribution in [3.8, 4) is 0 Å². The fraction of sp³-hybridized carbons (Fsp3) is 0.450. The number of hydrogen-bond donors (Lipinski definition) is 2. The number of nitrogens with zero attached hydrogens (tertiary/aromatic N) is 2. The summed E-state index contributed by atoms with van der Waals surface area (Å²) < 4.78 is 7.77. The molecular formula is C20H26N4O3. The third-order valence-electron chi connectivity index (χ3n) is 4.49. The molecule has 2 aromatic rings. The van der Waals surface area contributed by atoms with E-state index in [-0.39, 0.29) is 17.9 Å². The predicted molar refractivity (Wildman–Crippen MR) is 101 cm³/mol. The van der Waals surface area contributed by atoms with Crippen molar-refractivity contribution in [3.63, 3.8) is 0 Å². The van der Waals surface area contributed by atoms with E-state index in [1.165, 1.54) is 18.1 Å². The molecule has 2 N–H and O–H groups in total. The van der Waals surface area contributed by atoms with E-state index in [0.29, 0.717) is 32.5 Å². The highest BCUT2D eigenvalue weighted by Gasteiger charge is 2.25. The minimum atomic E-state index is -0.218. The number of fused-ring (bicyclic) bond motifs is 1. The van der Waals surface area contributed by atoms with E-state index in [2.05, 4.69) is 29.0 Å². The molecule has 1 aromatic heterocycles. The molecule has 0 spiro atoms. The Morgan fingerprint density at radius 2 is 2.07 bits per heavy atom. The molecule has 0 radical (unpaired) electrons. The minimum Gasteiger partial charge on any atom is -0.370 e. The smallest absolute Gasteiger partial charge is 0.220 e. The summed E-state index contributed by atoms with van der Waals surface area (Å²) in [7, 11) is 0. The largest absolute Gasteiger partial charge is 0.370 e. The van der Waals surface area contributed by atoms with Crippen LogP contribution in [-0.2, 0) is 27.3 Å². The van der Waals surface area contributed by atoms with E-state index in [1.54, 1.807) is 0 Å². The van der Waals surface area contributed by atoms with E-state index in [0.717, 1.165) is 18.7 Å². The summed E-state index contributed by atoms with van der Waals surface area (Å²) >= 11 is 0. The number of ether oxygens (including phenoxy) is 1. The Morgan fingerprint density at radius 3 is 2.85 bits per heavy atom. The number of carbonyl (C=O) groups is 2. The van der Waals surface area contributed by atoms with Crippen LogP contribution in [0.5, 0.6) is 0 Å². The van der Waals surface area contributed by atoms with Gasteiger partial charge in [0.1, 0.15) is 6.10 Å². The van der Waals surface area contributed by atoms with Gasteiger partial charge >= 0.3 is 0 Å². The zero-order valence-corrected chi connectivity index (χ0v) is 15.6. The summed E-state index contributed by atoms with van der Waals surface area (Å²) in [6.45, 7) is 3.74. The lowest BCUT2D eigenvalue weighted by atomic mass is 10.1. The van der Waals surface area contributed by atoms with Gasteiger partial charge in [0.15, 0.2) is 0 Å². The van der Waals surface area contributed by atoms with Crippen molar-refractivity contribution in [2.45, 2.75) is 38.8 Å².